The lowest BCUT2D eigenvalue weighted by molar-refractivity contribution is -0.136. The van der Waals surface area contributed by atoms with Gasteiger partial charge in [0.2, 0.25) is 0 Å². The number of para-hydroxylation sites is 1. The number of carbonyl (C=O) groups is 1. The lowest BCUT2D eigenvalue weighted by Gasteiger charge is -2.15. The van der Waals surface area contributed by atoms with Crippen molar-refractivity contribution in [3.63, 3.8) is 0 Å². The topological polar surface area (TPSA) is 52.3 Å². The molecule has 0 aliphatic heterocycles. The minimum Gasteiger partial charge on any atom is -0.425 e. The van der Waals surface area contributed by atoms with Gasteiger partial charge in [0, 0.05) is 0 Å². The molecule has 0 fully saturated rings. The summed E-state index contributed by atoms with van der Waals surface area (Å²) >= 11 is 0. The van der Waals surface area contributed by atoms with Crippen LogP contribution in [0.4, 0.5) is 0 Å². The molecule has 3 heteroatoms. The molecule has 1 rings (SSSR count). The summed E-state index contributed by atoms with van der Waals surface area (Å²) in [5.74, 6) is 0.291. The summed E-state index contributed by atoms with van der Waals surface area (Å²) in [6.45, 7) is 5.68. The molecule has 0 aromatic heterocycles. The van der Waals surface area contributed by atoms with E-state index in [9.17, 15) is 4.79 Å². The van der Waals surface area contributed by atoms with E-state index in [0.29, 0.717) is 5.75 Å². The molecule has 0 aliphatic carbocycles. The maximum absolute atomic E-state index is 11.6. The Labute approximate surface area is 90.2 Å². The van der Waals surface area contributed by atoms with Crippen molar-refractivity contribution >= 4 is 5.97 Å². The van der Waals surface area contributed by atoms with Crippen LogP contribution in [-0.2, 0) is 4.79 Å². The van der Waals surface area contributed by atoms with Crippen molar-refractivity contribution < 1.29 is 9.53 Å². The lowest BCUT2D eigenvalue weighted by Crippen LogP contribution is -2.38. The molecule has 2 N–H and O–H groups in total. The van der Waals surface area contributed by atoms with Gasteiger partial charge in [-0.05, 0) is 24.5 Å². The Balaban J connectivity index is 2.71. The normalized spacial score (nSPS) is 12.6. The Morgan fingerprint density at radius 3 is 2.47 bits per heavy atom. The molecular weight excluding hydrogens is 190 g/mol. The number of nitrogens with two attached hydrogens (primary N) is 1. The summed E-state index contributed by atoms with van der Waals surface area (Å²) in [4.78, 5) is 11.6. The molecule has 0 radical (unpaired) electrons. The van der Waals surface area contributed by atoms with E-state index in [-0.39, 0.29) is 11.9 Å². The fourth-order valence-electron chi connectivity index (χ4n) is 1.12. The van der Waals surface area contributed by atoms with Crippen molar-refractivity contribution in [2.24, 2.45) is 11.7 Å². The van der Waals surface area contributed by atoms with E-state index in [4.69, 9.17) is 10.5 Å². The Bertz CT molecular complexity index is 347. The first-order valence-electron chi connectivity index (χ1n) is 5.05. The first-order valence-corrected chi connectivity index (χ1v) is 5.05. The van der Waals surface area contributed by atoms with E-state index in [2.05, 4.69) is 0 Å². The Morgan fingerprint density at radius 1 is 1.33 bits per heavy atom. The number of hydrogen-bond donors (Lipinski definition) is 1. The van der Waals surface area contributed by atoms with Crippen LogP contribution in [0.15, 0.2) is 24.3 Å². The molecule has 0 bridgehead atoms. The number of aryl methyl sites for hydroxylation is 1. The highest BCUT2D eigenvalue weighted by Gasteiger charge is 2.19. The van der Waals surface area contributed by atoms with Gasteiger partial charge in [-0.1, -0.05) is 32.0 Å². The van der Waals surface area contributed by atoms with E-state index in [0.717, 1.165) is 5.56 Å². The average Bonchev–Trinajstić information content (AvgIpc) is 2.20. The van der Waals surface area contributed by atoms with Crippen LogP contribution in [0.2, 0.25) is 0 Å². The second kappa shape index (κ2) is 4.94. The molecule has 0 heterocycles. The summed E-state index contributed by atoms with van der Waals surface area (Å²) in [6.07, 6.45) is 0. The summed E-state index contributed by atoms with van der Waals surface area (Å²) < 4.78 is 5.20. The van der Waals surface area contributed by atoms with Gasteiger partial charge in [-0.25, -0.2) is 4.79 Å². The summed E-state index contributed by atoms with van der Waals surface area (Å²) in [5.41, 5.74) is 6.62. The molecule has 1 atom stereocenters. The SMILES string of the molecule is Cc1ccccc1OC(=O)C(N)C(C)C. The quantitative estimate of drug-likeness (QED) is 0.608. The Hall–Kier alpha value is -1.35. The van der Waals surface area contributed by atoms with Gasteiger partial charge in [-0.3, -0.25) is 0 Å². The van der Waals surface area contributed by atoms with Gasteiger partial charge < -0.3 is 10.5 Å². The van der Waals surface area contributed by atoms with Crippen molar-refractivity contribution in [2.45, 2.75) is 26.8 Å². The van der Waals surface area contributed by atoms with Gasteiger partial charge in [0.05, 0.1) is 0 Å². The van der Waals surface area contributed by atoms with Crippen LogP contribution in [0.5, 0.6) is 5.75 Å². The number of benzene rings is 1. The standard InChI is InChI=1S/C12H17NO2/c1-8(2)11(13)12(14)15-10-7-5-4-6-9(10)3/h4-8,11H,13H2,1-3H3. The molecule has 0 saturated carbocycles. The van der Waals surface area contributed by atoms with Gasteiger partial charge in [0.25, 0.3) is 0 Å². The van der Waals surface area contributed by atoms with Crippen molar-refractivity contribution in [1.82, 2.24) is 0 Å². The lowest BCUT2D eigenvalue weighted by atomic mass is 10.1. The third-order valence-electron chi connectivity index (χ3n) is 2.29. The van der Waals surface area contributed by atoms with Gasteiger partial charge in [0.15, 0.2) is 0 Å². The van der Waals surface area contributed by atoms with Gasteiger partial charge >= 0.3 is 5.97 Å². The highest BCUT2D eigenvalue weighted by molar-refractivity contribution is 5.78. The maximum Gasteiger partial charge on any atom is 0.328 e. The predicted molar refractivity (Wildman–Crippen MR) is 59.6 cm³/mol. The zero-order valence-electron chi connectivity index (χ0n) is 9.36. The zero-order chi connectivity index (χ0) is 11.4. The van der Waals surface area contributed by atoms with Crippen LogP contribution in [0.3, 0.4) is 0 Å². The van der Waals surface area contributed by atoms with Crippen LogP contribution in [0.25, 0.3) is 0 Å². The van der Waals surface area contributed by atoms with E-state index < -0.39 is 6.04 Å². The molecule has 82 valence electrons. The molecule has 3 nitrogen and oxygen atoms in total. The molecule has 0 amide bonds. The predicted octanol–water partition coefficient (Wildman–Crippen LogP) is 1.88. The number of hydrogen-bond acceptors (Lipinski definition) is 3. The number of esters is 1. The Kier molecular flexibility index (Phi) is 3.86. The van der Waals surface area contributed by atoms with Crippen LogP contribution in [-0.4, -0.2) is 12.0 Å². The van der Waals surface area contributed by atoms with Gasteiger partial charge in [-0.2, -0.15) is 0 Å². The Morgan fingerprint density at radius 2 is 1.93 bits per heavy atom. The fraction of sp³-hybridized carbons (Fsp3) is 0.417. The highest BCUT2D eigenvalue weighted by Crippen LogP contribution is 2.17. The average molecular weight is 207 g/mol. The third-order valence-corrected chi connectivity index (χ3v) is 2.29. The zero-order valence-corrected chi connectivity index (χ0v) is 9.36. The molecule has 1 aromatic carbocycles. The third kappa shape index (κ3) is 3.06. The summed E-state index contributed by atoms with van der Waals surface area (Å²) in [7, 11) is 0. The maximum atomic E-state index is 11.6. The minimum absolute atomic E-state index is 0.0847. The monoisotopic (exact) mass is 207 g/mol. The first kappa shape index (κ1) is 11.7. The highest BCUT2D eigenvalue weighted by atomic mass is 16.5. The summed E-state index contributed by atoms with van der Waals surface area (Å²) in [6, 6.07) is 6.82. The van der Waals surface area contributed by atoms with Crippen LogP contribution < -0.4 is 10.5 Å². The molecule has 0 aliphatic rings. The first-order chi connectivity index (χ1) is 7.02. The molecule has 1 unspecified atom stereocenters. The van der Waals surface area contributed by atoms with E-state index in [1.54, 1.807) is 6.07 Å². The van der Waals surface area contributed by atoms with Crippen molar-refractivity contribution in [3.8, 4) is 5.75 Å². The van der Waals surface area contributed by atoms with Crippen LogP contribution in [0.1, 0.15) is 19.4 Å². The van der Waals surface area contributed by atoms with Gasteiger partial charge in [-0.15, -0.1) is 0 Å². The smallest absolute Gasteiger partial charge is 0.328 e. The fourth-order valence-corrected chi connectivity index (χ4v) is 1.12. The second-order valence-electron chi connectivity index (χ2n) is 3.96. The molecule has 15 heavy (non-hydrogen) atoms. The van der Waals surface area contributed by atoms with Crippen molar-refractivity contribution in [3.05, 3.63) is 29.8 Å². The van der Waals surface area contributed by atoms with E-state index in [1.165, 1.54) is 0 Å². The summed E-state index contributed by atoms with van der Waals surface area (Å²) in [5, 5.41) is 0. The largest absolute Gasteiger partial charge is 0.425 e. The molecule has 0 spiro atoms. The molecule has 0 saturated heterocycles. The molecule has 1 aromatic rings. The number of rotatable bonds is 3. The second-order valence-corrected chi connectivity index (χ2v) is 3.96. The number of ether oxygens (including phenoxy) is 1. The minimum atomic E-state index is -0.565. The van der Waals surface area contributed by atoms with E-state index >= 15 is 0 Å². The van der Waals surface area contributed by atoms with Crippen LogP contribution >= 0.6 is 0 Å². The number of carbonyl (C=O) groups excluding carboxylic acids is 1. The van der Waals surface area contributed by atoms with E-state index in [1.807, 2.05) is 39.0 Å². The molecular formula is C12H17NO2. The van der Waals surface area contributed by atoms with Crippen LogP contribution in [0, 0.1) is 12.8 Å². The van der Waals surface area contributed by atoms with Crippen molar-refractivity contribution in [1.29, 1.82) is 0 Å². The van der Waals surface area contributed by atoms with Gasteiger partial charge in [0.1, 0.15) is 11.8 Å². The van der Waals surface area contributed by atoms with Crippen molar-refractivity contribution in [2.75, 3.05) is 0 Å².